The zero-order valence-electron chi connectivity index (χ0n) is 23.8. The van der Waals surface area contributed by atoms with E-state index in [1.54, 1.807) is 42.5 Å². The molecule has 1 spiro atoms. The van der Waals surface area contributed by atoms with Crippen LogP contribution in [0.4, 0.5) is 11.4 Å². The molecule has 9 heteroatoms. The molecule has 2 heterocycles. The van der Waals surface area contributed by atoms with Crippen LogP contribution in [0.15, 0.2) is 97.1 Å². The summed E-state index contributed by atoms with van der Waals surface area (Å²) in [5.74, 6) is -1.45. The van der Waals surface area contributed by atoms with Gasteiger partial charge in [0.25, 0.3) is 5.69 Å². The summed E-state index contributed by atoms with van der Waals surface area (Å²) in [4.78, 5) is 57.2. The maximum absolute atomic E-state index is 14.8. The number of carbonyl (C=O) groups excluding carboxylic acids is 3. The van der Waals surface area contributed by atoms with Gasteiger partial charge in [-0.15, -0.1) is 0 Å². The summed E-state index contributed by atoms with van der Waals surface area (Å²) in [7, 11) is 2.97. The topological polar surface area (TPSA) is 116 Å². The molecule has 3 aliphatic rings. The predicted molar refractivity (Wildman–Crippen MR) is 163 cm³/mol. The first-order valence-corrected chi connectivity index (χ1v) is 14.1. The summed E-state index contributed by atoms with van der Waals surface area (Å²) in [5.41, 5.74) is 0.937. The summed E-state index contributed by atoms with van der Waals surface area (Å²) in [6.45, 7) is 0. The van der Waals surface area contributed by atoms with E-state index in [1.165, 1.54) is 38.5 Å². The Morgan fingerprint density at radius 3 is 2.14 bits per heavy atom. The normalized spacial score (nSPS) is 20.7. The van der Waals surface area contributed by atoms with Crippen LogP contribution >= 0.6 is 0 Å². The largest absolute Gasteiger partial charge is 0.493 e. The van der Waals surface area contributed by atoms with E-state index < -0.39 is 34.1 Å². The van der Waals surface area contributed by atoms with Crippen LogP contribution in [-0.2, 0) is 0 Å². The third-order valence-corrected chi connectivity index (χ3v) is 9.11. The van der Waals surface area contributed by atoms with Crippen LogP contribution in [-0.4, -0.2) is 48.6 Å². The minimum atomic E-state index is -1.73. The number of hydrogen-bond acceptors (Lipinski definition) is 8. The van der Waals surface area contributed by atoms with Crippen molar-refractivity contribution in [2.45, 2.75) is 18.0 Å². The maximum Gasteiger partial charge on any atom is 0.269 e. The first kappa shape index (κ1) is 27.3. The third kappa shape index (κ3) is 3.55. The first-order chi connectivity index (χ1) is 21.3. The molecule has 7 rings (SSSR count). The number of rotatable bonds is 6. The van der Waals surface area contributed by atoms with Gasteiger partial charge in [-0.2, -0.15) is 0 Å². The number of fused-ring (bicyclic) bond motifs is 5. The molecule has 0 saturated carbocycles. The van der Waals surface area contributed by atoms with Crippen molar-refractivity contribution in [3.8, 4) is 11.5 Å². The van der Waals surface area contributed by atoms with Crippen molar-refractivity contribution in [3.63, 3.8) is 0 Å². The fourth-order valence-electron chi connectivity index (χ4n) is 7.34. The number of nitro groups is 1. The number of ketones is 3. The number of benzene rings is 4. The molecule has 44 heavy (non-hydrogen) atoms. The number of nitro benzene ring substituents is 1. The first-order valence-electron chi connectivity index (χ1n) is 14.1. The molecule has 3 atom stereocenters. The smallest absolute Gasteiger partial charge is 0.269 e. The van der Waals surface area contributed by atoms with Crippen molar-refractivity contribution in [1.29, 1.82) is 0 Å². The van der Waals surface area contributed by atoms with Crippen LogP contribution in [0.25, 0.3) is 6.08 Å². The predicted octanol–water partition coefficient (Wildman–Crippen LogP) is 5.93. The van der Waals surface area contributed by atoms with E-state index in [4.69, 9.17) is 9.47 Å². The summed E-state index contributed by atoms with van der Waals surface area (Å²) in [6, 6.07) is 23.0. The SMILES string of the molecule is COc1cccc([C@@H]2[C@H](C(=O)c3ccc([N+](=O)[O-])cc3)N3c4ccccc4C=C[C@H]3C23C(=O)c2ccccc2C3=O)c1OC. The second kappa shape index (κ2) is 10.0. The molecular weight excluding hydrogens is 560 g/mol. The Morgan fingerprint density at radius 1 is 0.841 bits per heavy atom. The molecular formula is C35H26N2O7. The van der Waals surface area contributed by atoms with E-state index in [9.17, 15) is 24.5 Å². The van der Waals surface area contributed by atoms with Crippen LogP contribution in [0.1, 0.15) is 48.1 Å². The van der Waals surface area contributed by atoms with E-state index in [0.717, 1.165) is 5.56 Å². The number of Topliss-reactive ketones (excluding diaryl/α,β-unsaturated/α-hetero) is 3. The van der Waals surface area contributed by atoms with Gasteiger partial charge in [0.15, 0.2) is 28.8 Å². The number of hydrogen-bond donors (Lipinski definition) is 0. The molecule has 1 saturated heterocycles. The molecule has 1 fully saturated rings. The summed E-state index contributed by atoms with van der Waals surface area (Å²) < 4.78 is 11.5. The van der Waals surface area contributed by atoms with Gasteiger partial charge in [-0.05, 0) is 29.8 Å². The standard InChI is InChI=1S/C35H26N2O7/c1-43-27-13-7-11-25(32(27)44-2)29-30(31(38)21-14-17-22(18-15-21)37(41)42)36-26-12-6-3-8-20(26)16-19-28(36)35(29)33(39)23-9-4-5-10-24(23)34(35)40/h3-19,28-30H,1-2H3/t28-,29+,30+/m0/s1. The van der Waals surface area contributed by atoms with Gasteiger partial charge in [-0.1, -0.05) is 66.7 Å². The molecule has 4 aromatic carbocycles. The van der Waals surface area contributed by atoms with E-state index >= 15 is 0 Å². The lowest BCUT2D eigenvalue weighted by molar-refractivity contribution is -0.384. The third-order valence-electron chi connectivity index (χ3n) is 9.11. The van der Waals surface area contributed by atoms with Crippen LogP contribution in [0.2, 0.25) is 0 Å². The summed E-state index contributed by atoms with van der Waals surface area (Å²) >= 11 is 0. The quantitative estimate of drug-likeness (QED) is 0.118. The summed E-state index contributed by atoms with van der Waals surface area (Å²) in [5, 5.41) is 11.4. The van der Waals surface area contributed by atoms with Gasteiger partial charge in [0.1, 0.15) is 11.5 Å². The highest BCUT2D eigenvalue weighted by atomic mass is 16.6. The molecule has 4 aromatic rings. The minimum absolute atomic E-state index is 0.156. The Labute approximate surface area is 252 Å². The molecule has 0 N–H and O–H groups in total. The van der Waals surface area contributed by atoms with Crippen molar-refractivity contribution in [2.24, 2.45) is 5.41 Å². The maximum atomic E-state index is 14.8. The lowest BCUT2D eigenvalue weighted by atomic mass is 9.64. The summed E-state index contributed by atoms with van der Waals surface area (Å²) in [6.07, 6.45) is 3.73. The van der Waals surface area contributed by atoms with E-state index in [1.807, 2.05) is 41.3 Å². The van der Waals surface area contributed by atoms with Crippen LogP contribution in [0.5, 0.6) is 11.5 Å². The van der Waals surface area contributed by atoms with Crippen molar-refractivity contribution < 1.29 is 28.8 Å². The van der Waals surface area contributed by atoms with Crippen LogP contribution < -0.4 is 14.4 Å². The van der Waals surface area contributed by atoms with E-state index in [2.05, 4.69) is 0 Å². The number of nitrogens with zero attached hydrogens (tertiary/aromatic N) is 2. The highest BCUT2D eigenvalue weighted by molar-refractivity contribution is 6.32. The second-order valence-corrected chi connectivity index (χ2v) is 11.0. The molecule has 1 aliphatic carbocycles. The zero-order chi connectivity index (χ0) is 30.7. The number of anilines is 1. The monoisotopic (exact) mass is 586 g/mol. The Bertz CT molecular complexity index is 1880. The van der Waals surface area contributed by atoms with Gasteiger partial charge >= 0.3 is 0 Å². The van der Waals surface area contributed by atoms with Crippen molar-refractivity contribution in [2.75, 3.05) is 19.1 Å². The fourth-order valence-corrected chi connectivity index (χ4v) is 7.34. The molecule has 2 aliphatic heterocycles. The van der Waals surface area contributed by atoms with Gasteiger partial charge in [0, 0.05) is 46.0 Å². The molecule has 9 nitrogen and oxygen atoms in total. The highest BCUT2D eigenvalue weighted by Crippen LogP contribution is 2.62. The lowest BCUT2D eigenvalue weighted by Gasteiger charge is -2.37. The number of non-ortho nitro benzene ring substituents is 1. The van der Waals surface area contributed by atoms with Gasteiger partial charge in [-0.3, -0.25) is 24.5 Å². The number of para-hydroxylation sites is 2. The Kier molecular flexibility index (Phi) is 6.21. The van der Waals surface area contributed by atoms with Crippen molar-refractivity contribution in [3.05, 3.63) is 135 Å². The molecule has 0 unspecified atom stereocenters. The Hall–Kier alpha value is -5.57. The van der Waals surface area contributed by atoms with Crippen molar-refractivity contribution >= 4 is 34.8 Å². The van der Waals surface area contributed by atoms with Gasteiger partial charge in [-0.25, -0.2) is 0 Å². The number of methoxy groups -OCH3 is 2. The van der Waals surface area contributed by atoms with Gasteiger partial charge in [0.05, 0.1) is 25.2 Å². The number of carbonyl (C=O) groups is 3. The zero-order valence-corrected chi connectivity index (χ0v) is 23.8. The second-order valence-electron chi connectivity index (χ2n) is 11.0. The molecule has 0 amide bonds. The van der Waals surface area contributed by atoms with Crippen molar-refractivity contribution in [1.82, 2.24) is 0 Å². The highest BCUT2D eigenvalue weighted by Gasteiger charge is 2.72. The van der Waals surface area contributed by atoms with E-state index in [0.29, 0.717) is 33.9 Å². The van der Waals surface area contributed by atoms with E-state index in [-0.39, 0.29) is 22.8 Å². The van der Waals surface area contributed by atoms with Gasteiger partial charge < -0.3 is 14.4 Å². The fraction of sp³-hybridized carbons (Fsp3) is 0.171. The van der Waals surface area contributed by atoms with Crippen LogP contribution in [0.3, 0.4) is 0 Å². The Balaban J connectivity index is 1.56. The molecule has 0 bridgehead atoms. The van der Waals surface area contributed by atoms with Gasteiger partial charge in [0.2, 0.25) is 0 Å². The average Bonchev–Trinajstić information content (AvgIpc) is 3.49. The molecule has 0 aromatic heterocycles. The average molecular weight is 587 g/mol. The Morgan fingerprint density at radius 2 is 1.50 bits per heavy atom. The lowest BCUT2D eigenvalue weighted by Crippen LogP contribution is -2.48. The van der Waals surface area contributed by atoms with Crippen LogP contribution in [0, 0.1) is 15.5 Å². The molecule has 218 valence electrons. The number of ether oxygens (including phenoxy) is 2. The molecule has 0 radical (unpaired) electrons. The minimum Gasteiger partial charge on any atom is -0.493 e.